The fourth-order valence-electron chi connectivity index (χ4n) is 3.22. The van der Waals surface area contributed by atoms with E-state index in [1.165, 1.54) is 12.8 Å². The van der Waals surface area contributed by atoms with Gasteiger partial charge < -0.3 is 10.1 Å². The molecular formula is C17H25NO2. The van der Waals surface area contributed by atoms with Crippen molar-refractivity contribution in [3.63, 3.8) is 0 Å². The number of nitrogens with one attached hydrogen (secondary N) is 1. The molecule has 3 heteroatoms. The second-order valence-corrected chi connectivity index (χ2v) is 6.60. The molecule has 2 atom stereocenters. The van der Waals surface area contributed by atoms with E-state index in [4.69, 9.17) is 4.74 Å². The van der Waals surface area contributed by atoms with Gasteiger partial charge in [-0.05, 0) is 55.4 Å². The summed E-state index contributed by atoms with van der Waals surface area (Å²) in [5.41, 5.74) is 2.10. The van der Waals surface area contributed by atoms with Gasteiger partial charge in [-0.25, -0.2) is 4.79 Å². The molecule has 1 fully saturated rings. The number of carbonyl (C=O) groups is 1. The van der Waals surface area contributed by atoms with Crippen molar-refractivity contribution in [3.8, 4) is 0 Å². The summed E-state index contributed by atoms with van der Waals surface area (Å²) in [6, 6.07) is 8.09. The average molecular weight is 275 g/mol. The van der Waals surface area contributed by atoms with Gasteiger partial charge in [0.1, 0.15) is 0 Å². The van der Waals surface area contributed by atoms with Gasteiger partial charge in [0.15, 0.2) is 0 Å². The van der Waals surface area contributed by atoms with Crippen LogP contribution in [0, 0.1) is 11.3 Å². The minimum absolute atomic E-state index is 0.255. The lowest BCUT2D eigenvalue weighted by molar-refractivity contribution is 0.0526. The molecule has 0 heterocycles. The molecule has 1 saturated carbocycles. The molecule has 0 radical (unpaired) electrons. The standard InChI is InChI=1S/C17H25NO2/c1-5-20-16(19)13-6-8-14(9-7-13)18-15-11-17(3,4)10-12(15)2/h6-9,12,15,18H,5,10-11H2,1-4H3. The molecular weight excluding hydrogens is 250 g/mol. The summed E-state index contributed by atoms with van der Waals surface area (Å²) in [5, 5.41) is 3.59. The van der Waals surface area contributed by atoms with E-state index in [9.17, 15) is 4.79 Å². The summed E-state index contributed by atoms with van der Waals surface area (Å²) in [5.74, 6) is 0.421. The Labute approximate surface area is 121 Å². The first-order valence-electron chi connectivity index (χ1n) is 7.45. The molecule has 1 aliphatic carbocycles. The average Bonchev–Trinajstić information content (AvgIpc) is 2.63. The second-order valence-electron chi connectivity index (χ2n) is 6.60. The monoisotopic (exact) mass is 275 g/mol. The second kappa shape index (κ2) is 5.86. The van der Waals surface area contributed by atoms with Gasteiger partial charge in [0, 0.05) is 11.7 Å². The molecule has 0 aromatic heterocycles. The maximum absolute atomic E-state index is 11.6. The molecule has 0 aliphatic heterocycles. The van der Waals surface area contributed by atoms with Crippen LogP contribution in [-0.2, 0) is 4.74 Å². The zero-order valence-corrected chi connectivity index (χ0v) is 12.9. The fraction of sp³-hybridized carbons (Fsp3) is 0.588. The lowest BCUT2D eigenvalue weighted by Gasteiger charge is -2.20. The summed E-state index contributed by atoms with van der Waals surface area (Å²) < 4.78 is 4.99. The quantitative estimate of drug-likeness (QED) is 0.841. The first-order valence-corrected chi connectivity index (χ1v) is 7.45. The molecule has 1 aromatic carbocycles. The summed E-state index contributed by atoms with van der Waals surface area (Å²) in [6.45, 7) is 9.19. The van der Waals surface area contributed by atoms with Gasteiger partial charge in [0.05, 0.1) is 12.2 Å². The smallest absolute Gasteiger partial charge is 0.338 e. The van der Waals surface area contributed by atoms with Gasteiger partial charge in [0.2, 0.25) is 0 Å². The van der Waals surface area contributed by atoms with E-state index in [2.05, 4.69) is 26.1 Å². The van der Waals surface area contributed by atoms with Crippen molar-refractivity contribution in [1.29, 1.82) is 0 Å². The van der Waals surface area contributed by atoms with E-state index < -0.39 is 0 Å². The Hall–Kier alpha value is -1.51. The highest BCUT2D eigenvalue weighted by Gasteiger charge is 2.36. The number of ether oxygens (including phenoxy) is 1. The first-order chi connectivity index (χ1) is 9.41. The normalized spacial score (nSPS) is 24.4. The summed E-state index contributed by atoms with van der Waals surface area (Å²) in [6.07, 6.45) is 2.44. The van der Waals surface area contributed by atoms with Crippen LogP contribution >= 0.6 is 0 Å². The molecule has 0 amide bonds. The van der Waals surface area contributed by atoms with Crippen molar-refractivity contribution in [2.45, 2.75) is 46.6 Å². The number of benzene rings is 1. The van der Waals surface area contributed by atoms with Gasteiger partial charge in [-0.15, -0.1) is 0 Å². The molecule has 20 heavy (non-hydrogen) atoms. The Balaban J connectivity index is 1.99. The van der Waals surface area contributed by atoms with Crippen LogP contribution in [0.5, 0.6) is 0 Å². The van der Waals surface area contributed by atoms with Crippen molar-refractivity contribution in [1.82, 2.24) is 0 Å². The number of hydrogen-bond acceptors (Lipinski definition) is 3. The Morgan fingerprint density at radius 1 is 1.30 bits per heavy atom. The van der Waals surface area contributed by atoms with E-state index in [0.29, 0.717) is 29.5 Å². The predicted molar refractivity (Wildman–Crippen MR) is 82.0 cm³/mol. The van der Waals surface area contributed by atoms with Gasteiger partial charge in [-0.1, -0.05) is 20.8 Å². The van der Waals surface area contributed by atoms with Crippen molar-refractivity contribution in [2.24, 2.45) is 11.3 Å². The van der Waals surface area contributed by atoms with Gasteiger partial charge in [-0.2, -0.15) is 0 Å². The van der Waals surface area contributed by atoms with Gasteiger partial charge in [-0.3, -0.25) is 0 Å². The van der Waals surface area contributed by atoms with Crippen LogP contribution in [-0.4, -0.2) is 18.6 Å². The lowest BCUT2D eigenvalue weighted by atomic mass is 9.91. The Kier molecular flexibility index (Phi) is 4.36. The van der Waals surface area contributed by atoms with E-state index in [0.717, 1.165) is 5.69 Å². The van der Waals surface area contributed by atoms with Crippen molar-refractivity contribution in [3.05, 3.63) is 29.8 Å². The third-order valence-electron chi connectivity index (χ3n) is 4.08. The predicted octanol–water partition coefficient (Wildman–Crippen LogP) is 4.10. The number of hydrogen-bond donors (Lipinski definition) is 1. The largest absolute Gasteiger partial charge is 0.462 e. The van der Waals surface area contributed by atoms with E-state index in [-0.39, 0.29) is 5.97 Å². The zero-order chi connectivity index (χ0) is 14.8. The van der Waals surface area contributed by atoms with E-state index in [1.807, 2.05) is 31.2 Å². The van der Waals surface area contributed by atoms with Crippen LogP contribution in [0.1, 0.15) is 50.9 Å². The molecule has 1 aromatic rings. The summed E-state index contributed by atoms with van der Waals surface area (Å²) >= 11 is 0. The SMILES string of the molecule is CCOC(=O)c1ccc(NC2CC(C)(C)CC2C)cc1. The van der Waals surface area contributed by atoms with Gasteiger partial charge >= 0.3 is 5.97 Å². The molecule has 1 N–H and O–H groups in total. The molecule has 0 spiro atoms. The van der Waals surface area contributed by atoms with E-state index >= 15 is 0 Å². The minimum Gasteiger partial charge on any atom is -0.462 e. The highest BCUT2D eigenvalue weighted by molar-refractivity contribution is 5.89. The highest BCUT2D eigenvalue weighted by atomic mass is 16.5. The maximum atomic E-state index is 11.6. The van der Waals surface area contributed by atoms with Gasteiger partial charge in [0.25, 0.3) is 0 Å². The first kappa shape index (κ1) is 14.9. The Morgan fingerprint density at radius 2 is 1.95 bits per heavy atom. The molecule has 2 rings (SSSR count). The van der Waals surface area contributed by atoms with E-state index in [1.54, 1.807) is 0 Å². The molecule has 3 nitrogen and oxygen atoms in total. The Morgan fingerprint density at radius 3 is 2.45 bits per heavy atom. The highest BCUT2D eigenvalue weighted by Crippen LogP contribution is 2.42. The third-order valence-corrected chi connectivity index (χ3v) is 4.08. The lowest BCUT2D eigenvalue weighted by Crippen LogP contribution is -2.22. The van der Waals surface area contributed by atoms with Crippen LogP contribution < -0.4 is 5.32 Å². The Bertz CT molecular complexity index is 464. The maximum Gasteiger partial charge on any atom is 0.338 e. The van der Waals surface area contributed by atoms with Crippen LogP contribution in [0.4, 0.5) is 5.69 Å². The number of rotatable bonds is 4. The molecule has 0 bridgehead atoms. The van der Waals surface area contributed by atoms with Crippen LogP contribution in [0.25, 0.3) is 0 Å². The molecule has 110 valence electrons. The molecule has 2 unspecified atom stereocenters. The van der Waals surface area contributed by atoms with Crippen LogP contribution in [0.2, 0.25) is 0 Å². The van der Waals surface area contributed by atoms with Crippen molar-refractivity contribution in [2.75, 3.05) is 11.9 Å². The number of esters is 1. The fourth-order valence-corrected chi connectivity index (χ4v) is 3.22. The third kappa shape index (κ3) is 3.53. The zero-order valence-electron chi connectivity index (χ0n) is 12.9. The summed E-state index contributed by atoms with van der Waals surface area (Å²) in [7, 11) is 0. The van der Waals surface area contributed by atoms with Crippen molar-refractivity contribution < 1.29 is 9.53 Å². The van der Waals surface area contributed by atoms with Crippen molar-refractivity contribution >= 4 is 11.7 Å². The summed E-state index contributed by atoms with van der Waals surface area (Å²) in [4.78, 5) is 11.6. The molecule has 0 saturated heterocycles. The number of carbonyl (C=O) groups excluding carboxylic acids is 1. The number of anilines is 1. The topological polar surface area (TPSA) is 38.3 Å². The van der Waals surface area contributed by atoms with Crippen LogP contribution in [0.15, 0.2) is 24.3 Å². The van der Waals surface area contributed by atoms with Crippen LogP contribution in [0.3, 0.4) is 0 Å². The molecule has 1 aliphatic rings. The minimum atomic E-state index is -0.255.